The molecular formula is C18H17ClN2O2. The maximum atomic E-state index is 12.5. The van der Waals surface area contributed by atoms with Crippen LogP contribution in [0.1, 0.15) is 18.1 Å². The van der Waals surface area contributed by atoms with Crippen LogP contribution in [0.15, 0.2) is 54.2 Å². The van der Waals surface area contributed by atoms with Crippen molar-refractivity contribution in [2.24, 2.45) is 0 Å². The lowest BCUT2D eigenvalue weighted by atomic mass is 10.1. The van der Waals surface area contributed by atoms with Gasteiger partial charge in [0.2, 0.25) is 5.91 Å². The average molecular weight is 329 g/mol. The average Bonchev–Trinajstić information content (AvgIpc) is 2.51. The smallest absolute Gasteiger partial charge is 0.272 e. The molecule has 0 spiro atoms. The fraction of sp³-hybridized carbons (Fsp3) is 0.111. The van der Waals surface area contributed by atoms with E-state index in [1.54, 1.807) is 18.2 Å². The van der Waals surface area contributed by atoms with Gasteiger partial charge in [0.05, 0.1) is 0 Å². The van der Waals surface area contributed by atoms with E-state index in [2.05, 4.69) is 10.6 Å². The highest BCUT2D eigenvalue weighted by Crippen LogP contribution is 2.20. The van der Waals surface area contributed by atoms with Gasteiger partial charge in [-0.05, 0) is 36.3 Å². The van der Waals surface area contributed by atoms with E-state index in [1.807, 2.05) is 43.3 Å². The molecule has 0 bridgehead atoms. The highest BCUT2D eigenvalue weighted by atomic mass is 35.5. The molecule has 2 rings (SSSR count). The molecule has 0 aliphatic rings. The molecule has 0 saturated carbocycles. The van der Waals surface area contributed by atoms with E-state index in [4.69, 9.17) is 11.6 Å². The minimum Gasteiger partial charge on any atom is -0.322 e. The van der Waals surface area contributed by atoms with Crippen LogP contribution in [0.2, 0.25) is 5.02 Å². The molecule has 5 heteroatoms. The Morgan fingerprint density at radius 2 is 1.78 bits per heavy atom. The second-order valence-electron chi connectivity index (χ2n) is 5.06. The number of aryl methyl sites for hydroxylation is 1. The van der Waals surface area contributed by atoms with Gasteiger partial charge in [-0.3, -0.25) is 9.59 Å². The van der Waals surface area contributed by atoms with Crippen molar-refractivity contribution in [2.75, 3.05) is 5.32 Å². The number of amides is 2. The van der Waals surface area contributed by atoms with Crippen LogP contribution in [-0.4, -0.2) is 11.8 Å². The maximum absolute atomic E-state index is 12.5. The fourth-order valence-corrected chi connectivity index (χ4v) is 2.15. The largest absolute Gasteiger partial charge is 0.322 e. The number of carbonyl (C=O) groups is 2. The predicted molar refractivity (Wildman–Crippen MR) is 93.1 cm³/mol. The summed E-state index contributed by atoms with van der Waals surface area (Å²) in [5, 5.41) is 5.86. The lowest BCUT2D eigenvalue weighted by molar-refractivity contribution is -0.120. The van der Waals surface area contributed by atoms with Crippen molar-refractivity contribution in [3.63, 3.8) is 0 Å². The molecule has 0 unspecified atom stereocenters. The molecule has 2 aromatic rings. The van der Waals surface area contributed by atoms with E-state index < -0.39 is 5.91 Å². The quantitative estimate of drug-likeness (QED) is 0.839. The van der Waals surface area contributed by atoms with Gasteiger partial charge in [0.1, 0.15) is 5.70 Å². The zero-order chi connectivity index (χ0) is 16.8. The summed E-state index contributed by atoms with van der Waals surface area (Å²) in [5.41, 5.74) is 2.47. The maximum Gasteiger partial charge on any atom is 0.272 e. The molecule has 0 radical (unpaired) electrons. The molecule has 0 saturated heterocycles. The normalized spacial score (nSPS) is 11.0. The third-order valence-electron chi connectivity index (χ3n) is 3.11. The zero-order valence-electron chi connectivity index (χ0n) is 12.9. The number of hydrogen-bond acceptors (Lipinski definition) is 2. The van der Waals surface area contributed by atoms with Gasteiger partial charge < -0.3 is 10.6 Å². The summed E-state index contributed by atoms with van der Waals surface area (Å²) in [6, 6.07) is 14.5. The fourth-order valence-electron chi connectivity index (χ4n) is 1.98. The Kier molecular flexibility index (Phi) is 5.55. The minimum absolute atomic E-state index is 0.170. The van der Waals surface area contributed by atoms with Crippen LogP contribution in [0.5, 0.6) is 0 Å². The lowest BCUT2D eigenvalue weighted by Crippen LogP contribution is -2.29. The van der Waals surface area contributed by atoms with Gasteiger partial charge in [0.15, 0.2) is 0 Å². The van der Waals surface area contributed by atoms with Gasteiger partial charge >= 0.3 is 0 Å². The zero-order valence-corrected chi connectivity index (χ0v) is 13.6. The van der Waals surface area contributed by atoms with E-state index in [0.29, 0.717) is 10.7 Å². The van der Waals surface area contributed by atoms with E-state index in [1.165, 1.54) is 6.92 Å². The predicted octanol–water partition coefficient (Wildman–Crippen LogP) is 3.76. The van der Waals surface area contributed by atoms with E-state index >= 15 is 0 Å². The molecule has 0 fully saturated rings. The van der Waals surface area contributed by atoms with Gasteiger partial charge in [-0.15, -0.1) is 0 Å². The van der Waals surface area contributed by atoms with Crippen molar-refractivity contribution in [3.8, 4) is 0 Å². The molecule has 0 aliphatic carbocycles. The molecule has 0 aliphatic heterocycles. The van der Waals surface area contributed by atoms with E-state index in [0.717, 1.165) is 11.1 Å². The Hall–Kier alpha value is -2.59. The van der Waals surface area contributed by atoms with Crippen molar-refractivity contribution in [3.05, 3.63) is 70.4 Å². The van der Waals surface area contributed by atoms with Gasteiger partial charge in [-0.1, -0.05) is 48.0 Å². The molecule has 118 valence electrons. The Morgan fingerprint density at radius 1 is 1.09 bits per heavy atom. The van der Waals surface area contributed by atoms with Crippen molar-refractivity contribution in [1.82, 2.24) is 5.32 Å². The molecule has 2 N–H and O–H groups in total. The number of benzene rings is 2. The van der Waals surface area contributed by atoms with Gasteiger partial charge in [-0.2, -0.15) is 0 Å². The summed E-state index contributed by atoms with van der Waals surface area (Å²) in [7, 11) is 0. The summed E-state index contributed by atoms with van der Waals surface area (Å²) in [6.45, 7) is 3.22. The van der Waals surface area contributed by atoms with Crippen LogP contribution in [0, 0.1) is 6.92 Å². The molecule has 0 heterocycles. The van der Waals surface area contributed by atoms with Crippen LogP contribution in [0.25, 0.3) is 6.08 Å². The summed E-state index contributed by atoms with van der Waals surface area (Å²) >= 11 is 5.96. The Labute approximate surface area is 140 Å². The number of halogens is 1. The van der Waals surface area contributed by atoms with Crippen molar-refractivity contribution in [2.45, 2.75) is 13.8 Å². The summed E-state index contributed by atoms with van der Waals surface area (Å²) < 4.78 is 0. The Balaban J connectivity index is 2.28. The highest BCUT2D eigenvalue weighted by Gasteiger charge is 2.13. The highest BCUT2D eigenvalue weighted by molar-refractivity contribution is 6.31. The monoisotopic (exact) mass is 328 g/mol. The Morgan fingerprint density at radius 3 is 2.43 bits per heavy atom. The molecule has 0 atom stereocenters. The lowest BCUT2D eigenvalue weighted by Gasteiger charge is -2.12. The van der Waals surface area contributed by atoms with E-state index in [-0.39, 0.29) is 11.6 Å². The van der Waals surface area contributed by atoms with Crippen molar-refractivity contribution >= 4 is 35.2 Å². The second-order valence-corrected chi connectivity index (χ2v) is 5.50. The van der Waals surface area contributed by atoms with Gasteiger partial charge in [-0.25, -0.2) is 0 Å². The first-order valence-electron chi connectivity index (χ1n) is 7.07. The number of anilines is 1. The van der Waals surface area contributed by atoms with Gasteiger partial charge in [0.25, 0.3) is 5.91 Å². The number of hydrogen-bond donors (Lipinski definition) is 2. The van der Waals surface area contributed by atoms with Crippen molar-refractivity contribution < 1.29 is 9.59 Å². The molecule has 2 amide bonds. The first-order valence-corrected chi connectivity index (χ1v) is 7.45. The molecular weight excluding hydrogens is 312 g/mol. The van der Waals surface area contributed by atoms with Crippen LogP contribution in [0.3, 0.4) is 0 Å². The van der Waals surface area contributed by atoms with Crippen LogP contribution in [0.4, 0.5) is 5.69 Å². The SMILES string of the molecule is CC(=O)NC(=Cc1ccccc1)C(=O)Nc1cc(Cl)ccc1C. The second kappa shape index (κ2) is 7.61. The number of carbonyl (C=O) groups excluding carboxylic acids is 2. The van der Waals surface area contributed by atoms with Crippen LogP contribution >= 0.6 is 11.6 Å². The third-order valence-corrected chi connectivity index (χ3v) is 3.35. The molecule has 2 aromatic carbocycles. The van der Waals surface area contributed by atoms with Gasteiger partial charge in [0, 0.05) is 17.6 Å². The summed E-state index contributed by atoms with van der Waals surface area (Å²) in [6.07, 6.45) is 1.62. The number of nitrogens with one attached hydrogen (secondary N) is 2. The van der Waals surface area contributed by atoms with Crippen LogP contribution < -0.4 is 10.6 Å². The number of rotatable bonds is 4. The standard InChI is InChI=1S/C18H17ClN2O2/c1-12-8-9-15(19)11-16(12)21-18(23)17(20-13(2)22)10-14-6-4-3-5-7-14/h3-11H,1-2H3,(H,20,22)(H,21,23). The first kappa shape index (κ1) is 16.8. The summed E-state index contributed by atoms with van der Waals surface area (Å²) in [4.78, 5) is 23.8. The van der Waals surface area contributed by atoms with Crippen LogP contribution in [-0.2, 0) is 9.59 Å². The first-order chi connectivity index (χ1) is 11.0. The van der Waals surface area contributed by atoms with E-state index in [9.17, 15) is 9.59 Å². The summed E-state index contributed by atoms with van der Waals surface area (Å²) in [5.74, 6) is -0.723. The Bertz CT molecular complexity index is 755. The minimum atomic E-state index is -0.408. The van der Waals surface area contributed by atoms with Crippen molar-refractivity contribution in [1.29, 1.82) is 0 Å². The third kappa shape index (κ3) is 4.97. The topological polar surface area (TPSA) is 58.2 Å². The molecule has 0 aromatic heterocycles. The molecule has 23 heavy (non-hydrogen) atoms. The molecule has 4 nitrogen and oxygen atoms in total.